The molecule has 1 fully saturated rings. The normalized spacial score (nSPS) is 16.9. The van der Waals surface area contributed by atoms with Crippen LogP contribution in [0.1, 0.15) is 52.1 Å². The number of carbonyl (C=O) groups is 1. The van der Waals surface area contributed by atoms with Crippen molar-refractivity contribution in [2.75, 3.05) is 6.54 Å². The van der Waals surface area contributed by atoms with E-state index in [0.717, 1.165) is 24.5 Å². The van der Waals surface area contributed by atoms with Gasteiger partial charge in [-0.1, -0.05) is 11.2 Å². The number of thiophene rings is 1. The molecule has 0 aliphatic carbocycles. The molecule has 1 amide bonds. The molecule has 5 heterocycles. The molecule has 1 atom stereocenters. The number of carbonyl (C=O) groups excluding carboxylic acids is 1. The molecule has 0 bridgehead atoms. The number of halogens is 3. The lowest BCUT2D eigenvalue weighted by atomic mass is 10.0. The van der Waals surface area contributed by atoms with Crippen LogP contribution in [0.3, 0.4) is 0 Å². The zero-order valence-corrected chi connectivity index (χ0v) is 18.0. The lowest BCUT2D eigenvalue weighted by molar-refractivity contribution is -0.142. The van der Waals surface area contributed by atoms with Crippen molar-refractivity contribution < 1.29 is 22.5 Å². The van der Waals surface area contributed by atoms with Crippen molar-refractivity contribution >= 4 is 22.9 Å². The van der Waals surface area contributed by atoms with Gasteiger partial charge in [-0.25, -0.2) is 9.50 Å². The highest BCUT2D eigenvalue weighted by Crippen LogP contribution is 2.37. The molecule has 32 heavy (non-hydrogen) atoms. The van der Waals surface area contributed by atoms with E-state index in [1.54, 1.807) is 29.3 Å². The maximum Gasteiger partial charge on any atom is 0.433 e. The molecule has 1 saturated heterocycles. The third-order valence-electron chi connectivity index (χ3n) is 5.65. The Morgan fingerprint density at radius 2 is 2.09 bits per heavy atom. The van der Waals surface area contributed by atoms with Crippen LogP contribution in [0, 0.1) is 13.8 Å². The Labute approximate surface area is 184 Å². The lowest BCUT2D eigenvalue weighted by Gasteiger charge is -2.23. The van der Waals surface area contributed by atoms with Crippen molar-refractivity contribution in [3.63, 3.8) is 0 Å². The summed E-state index contributed by atoms with van der Waals surface area (Å²) in [6.45, 7) is 4.07. The van der Waals surface area contributed by atoms with Crippen molar-refractivity contribution in [1.82, 2.24) is 24.7 Å². The van der Waals surface area contributed by atoms with Crippen LogP contribution in [-0.4, -0.2) is 37.1 Å². The van der Waals surface area contributed by atoms with Crippen LogP contribution in [0.2, 0.25) is 0 Å². The van der Waals surface area contributed by atoms with Crippen LogP contribution >= 0.6 is 11.3 Å². The van der Waals surface area contributed by atoms with E-state index < -0.39 is 17.8 Å². The summed E-state index contributed by atoms with van der Waals surface area (Å²) < 4.78 is 47.3. The molecule has 5 rings (SSSR count). The highest BCUT2D eigenvalue weighted by atomic mass is 32.1. The van der Waals surface area contributed by atoms with E-state index in [9.17, 15) is 18.0 Å². The van der Waals surface area contributed by atoms with Gasteiger partial charge in [0.1, 0.15) is 5.76 Å². The summed E-state index contributed by atoms with van der Waals surface area (Å²) in [5.74, 6) is 0.188. The maximum absolute atomic E-state index is 13.8. The summed E-state index contributed by atoms with van der Waals surface area (Å²) in [5, 5.41) is 9.75. The van der Waals surface area contributed by atoms with Crippen LogP contribution in [0.15, 0.2) is 34.2 Å². The molecule has 0 saturated carbocycles. The second kappa shape index (κ2) is 7.44. The molecular formula is C21H18F3N5O2S. The van der Waals surface area contributed by atoms with E-state index in [4.69, 9.17) is 4.52 Å². The van der Waals surface area contributed by atoms with E-state index in [1.807, 2.05) is 6.92 Å². The van der Waals surface area contributed by atoms with Crippen molar-refractivity contribution in [3.05, 3.63) is 58.1 Å². The molecule has 0 aromatic carbocycles. The first-order chi connectivity index (χ1) is 15.2. The molecular weight excluding hydrogens is 443 g/mol. The number of hydrogen-bond donors (Lipinski definition) is 0. The molecule has 1 aliphatic heterocycles. The summed E-state index contributed by atoms with van der Waals surface area (Å²) in [4.78, 5) is 19.9. The monoisotopic (exact) mass is 461 g/mol. The SMILES string of the molecule is Cc1noc(C)c1[C@H]1CCCN1C(=O)c1cc2nc(-c3cccs3)cc(C(F)(F)F)n2n1. The van der Waals surface area contributed by atoms with Gasteiger partial charge in [-0.2, -0.15) is 18.3 Å². The summed E-state index contributed by atoms with van der Waals surface area (Å²) in [7, 11) is 0. The van der Waals surface area contributed by atoms with Gasteiger partial charge >= 0.3 is 6.18 Å². The fourth-order valence-corrected chi connectivity index (χ4v) is 4.94. The summed E-state index contributed by atoms with van der Waals surface area (Å²) in [6, 6.07) is 5.47. The van der Waals surface area contributed by atoms with Crippen molar-refractivity contribution in [1.29, 1.82) is 0 Å². The van der Waals surface area contributed by atoms with Crippen molar-refractivity contribution in [2.24, 2.45) is 0 Å². The van der Waals surface area contributed by atoms with Crippen molar-refractivity contribution in [2.45, 2.75) is 38.9 Å². The quantitative estimate of drug-likeness (QED) is 0.426. The predicted molar refractivity (Wildman–Crippen MR) is 110 cm³/mol. The van der Waals surface area contributed by atoms with E-state index in [-0.39, 0.29) is 23.1 Å². The third kappa shape index (κ3) is 3.36. The minimum absolute atomic E-state index is 0.0281. The number of likely N-dealkylation sites (tertiary alicyclic amines) is 1. The van der Waals surface area contributed by atoms with E-state index in [0.29, 0.717) is 27.4 Å². The second-order valence-corrected chi connectivity index (χ2v) is 8.64. The Hall–Kier alpha value is -3.21. The molecule has 4 aromatic heterocycles. The Morgan fingerprint density at radius 3 is 2.75 bits per heavy atom. The molecule has 0 radical (unpaired) electrons. The molecule has 4 aromatic rings. The Balaban J connectivity index is 1.58. The average molecular weight is 461 g/mol. The number of hydrogen-bond acceptors (Lipinski definition) is 6. The largest absolute Gasteiger partial charge is 0.433 e. The molecule has 0 N–H and O–H groups in total. The predicted octanol–water partition coefficient (Wildman–Crippen LogP) is 5.06. The highest BCUT2D eigenvalue weighted by molar-refractivity contribution is 7.13. The van der Waals surface area contributed by atoms with Gasteiger partial charge in [-0.05, 0) is 44.2 Å². The van der Waals surface area contributed by atoms with Crippen molar-refractivity contribution in [3.8, 4) is 10.6 Å². The van der Waals surface area contributed by atoms with Gasteiger partial charge in [0.15, 0.2) is 17.0 Å². The zero-order chi connectivity index (χ0) is 22.6. The van der Waals surface area contributed by atoms with E-state index in [2.05, 4.69) is 15.2 Å². The van der Waals surface area contributed by atoms with Gasteiger partial charge in [0.05, 0.1) is 22.3 Å². The minimum Gasteiger partial charge on any atom is -0.361 e. The van der Waals surface area contributed by atoms with Crippen LogP contribution in [0.4, 0.5) is 13.2 Å². The van der Waals surface area contributed by atoms with Crippen LogP contribution in [0.5, 0.6) is 0 Å². The van der Waals surface area contributed by atoms with E-state index >= 15 is 0 Å². The number of fused-ring (bicyclic) bond motifs is 1. The van der Waals surface area contributed by atoms with Crippen LogP contribution < -0.4 is 0 Å². The van der Waals surface area contributed by atoms with Crippen LogP contribution in [-0.2, 0) is 6.18 Å². The van der Waals surface area contributed by atoms with Gasteiger partial charge in [0.2, 0.25) is 0 Å². The maximum atomic E-state index is 13.8. The average Bonchev–Trinajstić information content (AvgIpc) is 3.52. The number of nitrogens with zero attached hydrogens (tertiary/aromatic N) is 5. The zero-order valence-electron chi connectivity index (χ0n) is 17.2. The molecule has 0 unspecified atom stereocenters. The molecule has 11 heteroatoms. The van der Waals surface area contributed by atoms with Crippen LogP contribution in [0.25, 0.3) is 16.2 Å². The first-order valence-electron chi connectivity index (χ1n) is 9.99. The number of aromatic nitrogens is 4. The molecule has 7 nitrogen and oxygen atoms in total. The first kappa shape index (κ1) is 20.7. The number of rotatable bonds is 3. The van der Waals surface area contributed by atoms with Gasteiger partial charge < -0.3 is 9.42 Å². The summed E-state index contributed by atoms with van der Waals surface area (Å²) in [5.41, 5.74) is 0.643. The minimum atomic E-state index is -4.66. The smallest absolute Gasteiger partial charge is 0.361 e. The second-order valence-electron chi connectivity index (χ2n) is 7.70. The number of amides is 1. The van der Waals surface area contributed by atoms with Gasteiger partial charge in [-0.15, -0.1) is 11.3 Å². The lowest BCUT2D eigenvalue weighted by Crippen LogP contribution is -2.31. The summed E-state index contributed by atoms with van der Waals surface area (Å²) in [6.07, 6.45) is -3.18. The molecule has 166 valence electrons. The summed E-state index contributed by atoms with van der Waals surface area (Å²) >= 11 is 1.29. The standard InChI is InChI=1S/C21H18F3N5O2S/c1-11-19(12(2)31-27-11)15-5-3-7-28(15)20(30)14-10-18-25-13(16-6-4-8-32-16)9-17(21(22,23)24)29(18)26-14/h4,6,8-10,15H,3,5,7H2,1-2H3/t15-/m1/s1. The Kier molecular flexibility index (Phi) is 4.81. The Morgan fingerprint density at radius 1 is 1.28 bits per heavy atom. The number of alkyl halides is 3. The van der Waals surface area contributed by atoms with E-state index in [1.165, 1.54) is 17.4 Å². The fraction of sp³-hybridized carbons (Fsp3) is 0.333. The van der Waals surface area contributed by atoms with Gasteiger partial charge in [-0.3, -0.25) is 4.79 Å². The number of aryl methyl sites for hydroxylation is 2. The fourth-order valence-electron chi connectivity index (χ4n) is 4.25. The topological polar surface area (TPSA) is 76.5 Å². The third-order valence-corrected chi connectivity index (χ3v) is 6.54. The van der Waals surface area contributed by atoms with Gasteiger partial charge in [0.25, 0.3) is 5.91 Å². The Bertz CT molecular complexity index is 1290. The highest BCUT2D eigenvalue weighted by Gasteiger charge is 2.38. The molecule has 0 spiro atoms. The first-order valence-corrected chi connectivity index (χ1v) is 10.9. The van der Waals surface area contributed by atoms with Gasteiger partial charge in [0, 0.05) is 18.2 Å². The molecule has 1 aliphatic rings.